The molecule has 1 aliphatic rings. The summed E-state index contributed by atoms with van der Waals surface area (Å²) >= 11 is 0. The normalized spacial score (nSPS) is 17.7. The van der Waals surface area contributed by atoms with Gasteiger partial charge in [-0.05, 0) is 55.3 Å². The van der Waals surface area contributed by atoms with Crippen LogP contribution in [0.25, 0.3) is 0 Å². The maximum absolute atomic E-state index is 13.5. The summed E-state index contributed by atoms with van der Waals surface area (Å²) in [5, 5.41) is 17.8. The van der Waals surface area contributed by atoms with Crippen LogP contribution < -0.4 is 4.90 Å². The molecule has 1 unspecified atom stereocenters. The molecule has 6 heteroatoms. The molecule has 0 aliphatic carbocycles. The van der Waals surface area contributed by atoms with Crippen LogP contribution in [0.3, 0.4) is 0 Å². The van der Waals surface area contributed by atoms with Crippen LogP contribution in [0.5, 0.6) is 0 Å². The number of hydrogen-bond acceptors (Lipinski definition) is 5. The Balaban J connectivity index is 1.81. The topological polar surface area (TPSA) is 56.0 Å². The van der Waals surface area contributed by atoms with Crippen molar-refractivity contribution in [2.75, 3.05) is 25.5 Å². The molecule has 1 aromatic heterocycles. The van der Waals surface area contributed by atoms with Crippen LogP contribution in [0.15, 0.2) is 30.3 Å². The Morgan fingerprint density at radius 1 is 1.29 bits per heavy atom. The van der Waals surface area contributed by atoms with Gasteiger partial charge < -0.3 is 4.90 Å². The molecule has 0 saturated carbocycles. The zero-order valence-corrected chi connectivity index (χ0v) is 13.9. The summed E-state index contributed by atoms with van der Waals surface area (Å²) in [5.74, 6) is 0.509. The highest BCUT2D eigenvalue weighted by Gasteiger charge is 2.28. The summed E-state index contributed by atoms with van der Waals surface area (Å²) in [6, 6.07) is 10.6. The molecular formula is C18H20FN5. The Bertz CT molecular complexity index is 751. The van der Waals surface area contributed by atoms with E-state index in [1.54, 1.807) is 6.07 Å². The molecule has 0 spiro atoms. The van der Waals surface area contributed by atoms with E-state index in [1.807, 2.05) is 31.1 Å². The Hall–Kier alpha value is -2.52. The van der Waals surface area contributed by atoms with E-state index in [-0.39, 0.29) is 11.9 Å². The van der Waals surface area contributed by atoms with Crippen molar-refractivity contribution in [3.63, 3.8) is 0 Å². The fraction of sp³-hybridized carbons (Fsp3) is 0.389. The van der Waals surface area contributed by atoms with Crippen molar-refractivity contribution in [3.8, 4) is 6.07 Å². The highest BCUT2D eigenvalue weighted by atomic mass is 19.1. The molecule has 1 atom stereocenters. The van der Waals surface area contributed by atoms with Crippen molar-refractivity contribution in [2.45, 2.75) is 25.4 Å². The fourth-order valence-electron chi connectivity index (χ4n) is 3.12. The third-order valence-corrected chi connectivity index (χ3v) is 4.40. The Kier molecular flexibility index (Phi) is 4.72. The van der Waals surface area contributed by atoms with Crippen LogP contribution in [0.1, 0.15) is 35.7 Å². The second-order valence-electron chi connectivity index (χ2n) is 6.25. The molecule has 3 rings (SSSR count). The fourth-order valence-corrected chi connectivity index (χ4v) is 3.12. The minimum atomic E-state index is -0.310. The van der Waals surface area contributed by atoms with Gasteiger partial charge in [0.2, 0.25) is 0 Å². The Labute approximate surface area is 141 Å². The van der Waals surface area contributed by atoms with E-state index in [0.29, 0.717) is 12.1 Å². The highest BCUT2D eigenvalue weighted by molar-refractivity contribution is 5.38. The van der Waals surface area contributed by atoms with Gasteiger partial charge in [0.15, 0.2) is 5.82 Å². The molecule has 2 aromatic rings. The molecule has 1 fully saturated rings. The first-order valence-corrected chi connectivity index (χ1v) is 8.02. The van der Waals surface area contributed by atoms with Gasteiger partial charge in [-0.25, -0.2) is 4.39 Å². The van der Waals surface area contributed by atoms with Crippen molar-refractivity contribution >= 4 is 5.82 Å². The number of anilines is 1. The Morgan fingerprint density at radius 2 is 2.12 bits per heavy atom. The summed E-state index contributed by atoms with van der Waals surface area (Å²) in [6.45, 7) is 1.45. The first-order valence-electron chi connectivity index (χ1n) is 8.02. The van der Waals surface area contributed by atoms with E-state index in [0.717, 1.165) is 36.5 Å². The SMILES string of the molecule is CN(C)c1ccc(C2CCCN2Cc2cc(F)ccc2C#N)nn1. The van der Waals surface area contributed by atoms with E-state index >= 15 is 0 Å². The maximum atomic E-state index is 13.5. The number of hydrogen-bond donors (Lipinski definition) is 0. The van der Waals surface area contributed by atoms with Gasteiger partial charge >= 0.3 is 0 Å². The number of nitriles is 1. The lowest BCUT2D eigenvalue weighted by Crippen LogP contribution is -2.24. The first-order chi connectivity index (χ1) is 11.6. The van der Waals surface area contributed by atoms with E-state index in [4.69, 9.17) is 0 Å². The minimum Gasteiger partial charge on any atom is -0.361 e. The van der Waals surface area contributed by atoms with Gasteiger partial charge in [-0.15, -0.1) is 5.10 Å². The molecular weight excluding hydrogens is 305 g/mol. The van der Waals surface area contributed by atoms with E-state index in [9.17, 15) is 9.65 Å². The molecule has 5 nitrogen and oxygen atoms in total. The quantitative estimate of drug-likeness (QED) is 0.865. The summed E-state index contributed by atoms with van der Waals surface area (Å²) in [4.78, 5) is 4.16. The third-order valence-electron chi connectivity index (χ3n) is 4.40. The lowest BCUT2D eigenvalue weighted by molar-refractivity contribution is 0.243. The van der Waals surface area contributed by atoms with Crippen LogP contribution in [0.4, 0.5) is 10.2 Å². The first kappa shape index (κ1) is 16.3. The average molecular weight is 325 g/mol. The molecule has 1 saturated heterocycles. The number of benzene rings is 1. The maximum Gasteiger partial charge on any atom is 0.150 e. The molecule has 0 amide bonds. The van der Waals surface area contributed by atoms with Gasteiger partial charge in [0.05, 0.1) is 23.4 Å². The van der Waals surface area contributed by atoms with Gasteiger partial charge in [0.25, 0.3) is 0 Å². The number of aromatic nitrogens is 2. The third kappa shape index (κ3) is 3.36. The van der Waals surface area contributed by atoms with Crippen LogP contribution >= 0.6 is 0 Å². The number of rotatable bonds is 4. The van der Waals surface area contributed by atoms with Crippen LogP contribution in [0.2, 0.25) is 0 Å². The molecule has 1 aliphatic heterocycles. The Morgan fingerprint density at radius 3 is 2.79 bits per heavy atom. The summed E-state index contributed by atoms with van der Waals surface area (Å²) in [7, 11) is 3.86. The van der Waals surface area contributed by atoms with Crippen molar-refractivity contribution < 1.29 is 4.39 Å². The second kappa shape index (κ2) is 6.93. The standard InChI is InChI=1S/C18H20FN5/c1-23(2)18-8-7-16(21-22-18)17-4-3-9-24(17)12-14-10-15(19)6-5-13(14)11-20/h5-8,10,17H,3-4,9,12H2,1-2H3. The van der Waals surface area contributed by atoms with Gasteiger partial charge in [-0.2, -0.15) is 10.4 Å². The van der Waals surface area contributed by atoms with Gasteiger partial charge in [-0.1, -0.05) is 0 Å². The monoisotopic (exact) mass is 325 g/mol. The van der Waals surface area contributed by atoms with Gasteiger partial charge in [0, 0.05) is 20.6 Å². The zero-order chi connectivity index (χ0) is 17.1. The predicted octanol–water partition coefficient (Wildman–Crippen LogP) is 2.89. The van der Waals surface area contributed by atoms with E-state index in [2.05, 4.69) is 21.2 Å². The molecule has 0 N–H and O–H groups in total. The van der Waals surface area contributed by atoms with E-state index < -0.39 is 0 Å². The predicted molar refractivity (Wildman–Crippen MR) is 89.9 cm³/mol. The lowest BCUT2D eigenvalue weighted by atomic mass is 10.1. The van der Waals surface area contributed by atoms with Crippen molar-refractivity contribution in [3.05, 3.63) is 53.0 Å². The van der Waals surface area contributed by atoms with Crippen molar-refractivity contribution in [1.82, 2.24) is 15.1 Å². The van der Waals surface area contributed by atoms with Crippen molar-refractivity contribution in [2.24, 2.45) is 0 Å². The zero-order valence-electron chi connectivity index (χ0n) is 13.9. The number of likely N-dealkylation sites (tertiary alicyclic amines) is 1. The molecule has 124 valence electrons. The molecule has 0 radical (unpaired) electrons. The summed E-state index contributed by atoms with van der Waals surface area (Å²) < 4.78 is 13.5. The van der Waals surface area contributed by atoms with Crippen molar-refractivity contribution in [1.29, 1.82) is 5.26 Å². The lowest BCUT2D eigenvalue weighted by Gasteiger charge is -2.24. The largest absolute Gasteiger partial charge is 0.361 e. The summed E-state index contributed by atoms with van der Waals surface area (Å²) in [6.07, 6.45) is 2.05. The highest BCUT2D eigenvalue weighted by Crippen LogP contribution is 2.32. The number of halogens is 1. The molecule has 1 aromatic carbocycles. The van der Waals surface area contributed by atoms with Crippen LogP contribution in [-0.2, 0) is 6.54 Å². The summed E-state index contributed by atoms with van der Waals surface area (Å²) in [5.41, 5.74) is 2.17. The van der Waals surface area contributed by atoms with Gasteiger partial charge in [-0.3, -0.25) is 4.90 Å². The minimum absolute atomic E-state index is 0.156. The average Bonchev–Trinajstić information content (AvgIpc) is 3.03. The second-order valence-corrected chi connectivity index (χ2v) is 6.25. The van der Waals surface area contributed by atoms with E-state index in [1.165, 1.54) is 12.1 Å². The molecule has 0 bridgehead atoms. The smallest absolute Gasteiger partial charge is 0.150 e. The number of nitrogens with zero attached hydrogens (tertiary/aromatic N) is 5. The van der Waals surface area contributed by atoms with Crippen LogP contribution in [0, 0.1) is 17.1 Å². The van der Waals surface area contributed by atoms with Gasteiger partial charge in [0.1, 0.15) is 5.82 Å². The molecule has 24 heavy (non-hydrogen) atoms. The molecule has 2 heterocycles. The van der Waals surface area contributed by atoms with Crippen LogP contribution in [-0.4, -0.2) is 35.7 Å².